The molecule has 104 valence electrons. The summed E-state index contributed by atoms with van der Waals surface area (Å²) >= 11 is 0. The normalized spacial score (nSPS) is 18.6. The van der Waals surface area contributed by atoms with Gasteiger partial charge in [0.2, 0.25) is 11.9 Å². The topological polar surface area (TPSA) is 63.1 Å². The lowest BCUT2D eigenvalue weighted by atomic mass is 10.2. The summed E-state index contributed by atoms with van der Waals surface area (Å²) in [5, 5.41) is 7.03. The number of anilines is 2. The summed E-state index contributed by atoms with van der Waals surface area (Å²) in [5.74, 6) is -0.245. The first-order valence-electron chi connectivity index (χ1n) is 6.32. The highest BCUT2D eigenvalue weighted by Gasteiger charge is 2.33. The van der Waals surface area contributed by atoms with Crippen molar-refractivity contribution in [2.75, 3.05) is 16.8 Å². The number of pyridine rings is 1. The van der Waals surface area contributed by atoms with Crippen molar-refractivity contribution in [3.63, 3.8) is 0 Å². The lowest BCUT2D eigenvalue weighted by molar-refractivity contribution is -0.117. The van der Waals surface area contributed by atoms with E-state index >= 15 is 0 Å². The number of rotatable bonds is 3. The van der Waals surface area contributed by atoms with E-state index in [2.05, 4.69) is 15.4 Å². The Morgan fingerprint density at radius 1 is 1.45 bits per heavy atom. The number of carbonyl (C=O) groups excluding carboxylic acids is 1. The first-order valence-corrected chi connectivity index (χ1v) is 6.32. The first-order chi connectivity index (χ1) is 9.63. The second kappa shape index (κ2) is 4.92. The second-order valence-corrected chi connectivity index (χ2v) is 4.69. The number of nitrogens with one attached hydrogen (secondary N) is 1. The minimum atomic E-state index is -0.565. The van der Waals surface area contributed by atoms with E-state index in [0.717, 1.165) is 5.69 Å². The van der Waals surface area contributed by atoms with Crippen LogP contribution in [-0.4, -0.2) is 33.3 Å². The Labute approximate surface area is 115 Å². The lowest BCUT2D eigenvalue weighted by Gasteiger charge is -2.15. The fourth-order valence-corrected chi connectivity index (χ4v) is 2.29. The molecule has 1 saturated heterocycles. The fraction of sp³-hybridized carbons (Fsp3) is 0.308. The second-order valence-electron chi connectivity index (χ2n) is 4.69. The predicted octanol–water partition coefficient (Wildman–Crippen LogP) is 1.17. The van der Waals surface area contributed by atoms with Crippen molar-refractivity contribution in [2.45, 2.75) is 12.5 Å². The summed E-state index contributed by atoms with van der Waals surface area (Å²) in [6.45, 7) is 0.609. The maximum absolute atomic E-state index is 13.0. The third-order valence-corrected chi connectivity index (χ3v) is 3.25. The Hall–Kier alpha value is -2.44. The van der Waals surface area contributed by atoms with Gasteiger partial charge in [0.1, 0.15) is 11.9 Å². The molecule has 0 bridgehead atoms. The van der Waals surface area contributed by atoms with Crippen LogP contribution < -0.4 is 10.2 Å². The van der Waals surface area contributed by atoms with Gasteiger partial charge >= 0.3 is 0 Å². The maximum Gasteiger partial charge on any atom is 0.249 e. The van der Waals surface area contributed by atoms with Crippen LogP contribution in [0.4, 0.5) is 15.9 Å². The van der Waals surface area contributed by atoms with Crippen LogP contribution in [0, 0.1) is 5.95 Å². The van der Waals surface area contributed by atoms with E-state index in [1.54, 1.807) is 41.2 Å². The molecule has 1 fully saturated rings. The molecule has 2 aromatic rings. The number of nitrogens with zero attached hydrogens (tertiary/aromatic N) is 4. The van der Waals surface area contributed by atoms with E-state index in [1.165, 1.54) is 6.07 Å². The minimum absolute atomic E-state index is 0.0518. The van der Waals surface area contributed by atoms with Gasteiger partial charge in [-0.1, -0.05) is 6.07 Å². The average Bonchev–Trinajstić information content (AvgIpc) is 2.97. The minimum Gasteiger partial charge on any atom is -0.358 e. The zero-order valence-corrected chi connectivity index (χ0v) is 11.0. The summed E-state index contributed by atoms with van der Waals surface area (Å²) in [6.07, 6.45) is 4.09. The Kier molecular flexibility index (Phi) is 3.09. The number of hydrogen-bond acceptors (Lipinski definition) is 4. The van der Waals surface area contributed by atoms with Crippen molar-refractivity contribution in [3.05, 3.63) is 36.5 Å². The molecule has 20 heavy (non-hydrogen) atoms. The van der Waals surface area contributed by atoms with Crippen LogP contribution in [-0.2, 0) is 11.8 Å². The SMILES string of the molecule is Cn1cc(N2CCC(Nc3cccc(F)n3)C2=O)cn1. The molecule has 1 N–H and O–H groups in total. The maximum atomic E-state index is 13.0. The zero-order chi connectivity index (χ0) is 14.1. The predicted molar refractivity (Wildman–Crippen MR) is 71.8 cm³/mol. The molecule has 1 aliphatic heterocycles. The molecule has 0 saturated carbocycles. The van der Waals surface area contributed by atoms with E-state index in [9.17, 15) is 9.18 Å². The van der Waals surface area contributed by atoms with Crippen molar-refractivity contribution >= 4 is 17.4 Å². The van der Waals surface area contributed by atoms with Gasteiger partial charge in [-0.2, -0.15) is 9.49 Å². The molecule has 0 spiro atoms. The lowest BCUT2D eigenvalue weighted by Crippen LogP contribution is -2.33. The van der Waals surface area contributed by atoms with Gasteiger partial charge in [0.25, 0.3) is 0 Å². The molecule has 3 rings (SSSR count). The van der Waals surface area contributed by atoms with Gasteiger partial charge in [-0.05, 0) is 18.6 Å². The molecule has 1 aliphatic rings. The summed E-state index contributed by atoms with van der Waals surface area (Å²) in [7, 11) is 1.80. The molecule has 1 amide bonds. The molecule has 0 aromatic carbocycles. The van der Waals surface area contributed by atoms with Crippen LogP contribution >= 0.6 is 0 Å². The Balaban J connectivity index is 1.73. The number of aryl methyl sites for hydroxylation is 1. The summed E-state index contributed by atoms with van der Waals surface area (Å²) in [4.78, 5) is 17.7. The van der Waals surface area contributed by atoms with Gasteiger partial charge in [-0.25, -0.2) is 4.98 Å². The molecule has 0 radical (unpaired) electrons. The first kappa shape index (κ1) is 12.6. The third-order valence-electron chi connectivity index (χ3n) is 3.25. The molecule has 1 unspecified atom stereocenters. The standard InChI is InChI=1S/C13H14FN5O/c1-18-8-9(7-15-18)19-6-5-10(13(19)20)16-12-4-2-3-11(14)17-12/h2-4,7-8,10H,5-6H2,1H3,(H,16,17). The van der Waals surface area contributed by atoms with Crippen LogP contribution in [0.25, 0.3) is 0 Å². The van der Waals surface area contributed by atoms with Gasteiger partial charge in [-0.15, -0.1) is 0 Å². The van der Waals surface area contributed by atoms with E-state index < -0.39 is 5.95 Å². The molecule has 7 heteroatoms. The largest absolute Gasteiger partial charge is 0.358 e. The molecule has 1 atom stereocenters. The zero-order valence-electron chi connectivity index (χ0n) is 11.0. The van der Waals surface area contributed by atoms with Gasteiger partial charge in [0.05, 0.1) is 11.9 Å². The smallest absolute Gasteiger partial charge is 0.249 e. The van der Waals surface area contributed by atoms with Crippen LogP contribution in [0.2, 0.25) is 0 Å². The molecule has 6 nitrogen and oxygen atoms in total. The molecular formula is C13H14FN5O. The van der Waals surface area contributed by atoms with Crippen molar-refractivity contribution in [1.29, 1.82) is 0 Å². The summed E-state index contributed by atoms with van der Waals surface area (Å²) < 4.78 is 14.7. The van der Waals surface area contributed by atoms with Gasteiger partial charge in [0, 0.05) is 19.8 Å². The van der Waals surface area contributed by atoms with Crippen molar-refractivity contribution in [3.8, 4) is 0 Å². The average molecular weight is 275 g/mol. The van der Waals surface area contributed by atoms with Crippen LogP contribution in [0.3, 0.4) is 0 Å². The van der Waals surface area contributed by atoms with Crippen LogP contribution in [0.15, 0.2) is 30.6 Å². The quantitative estimate of drug-likeness (QED) is 0.854. The van der Waals surface area contributed by atoms with Crippen molar-refractivity contribution in [2.24, 2.45) is 7.05 Å². The Morgan fingerprint density at radius 3 is 3.00 bits per heavy atom. The fourth-order valence-electron chi connectivity index (χ4n) is 2.29. The van der Waals surface area contributed by atoms with Crippen molar-refractivity contribution < 1.29 is 9.18 Å². The monoisotopic (exact) mass is 275 g/mol. The highest BCUT2D eigenvalue weighted by Crippen LogP contribution is 2.22. The Morgan fingerprint density at radius 2 is 2.30 bits per heavy atom. The van der Waals surface area contributed by atoms with E-state index in [0.29, 0.717) is 18.8 Å². The summed E-state index contributed by atoms with van der Waals surface area (Å²) in [5.41, 5.74) is 0.772. The van der Waals surface area contributed by atoms with E-state index in [-0.39, 0.29) is 11.9 Å². The van der Waals surface area contributed by atoms with Crippen LogP contribution in [0.5, 0.6) is 0 Å². The molecular weight excluding hydrogens is 261 g/mol. The highest BCUT2D eigenvalue weighted by molar-refractivity contribution is 6.00. The van der Waals surface area contributed by atoms with Gasteiger partial charge in [0.15, 0.2) is 0 Å². The molecule has 0 aliphatic carbocycles. The van der Waals surface area contributed by atoms with Crippen molar-refractivity contribution in [1.82, 2.24) is 14.8 Å². The van der Waals surface area contributed by atoms with Crippen LogP contribution in [0.1, 0.15) is 6.42 Å². The van der Waals surface area contributed by atoms with E-state index in [1.807, 2.05) is 0 Å². The highest BCUT2D eigenvalue weighted by atomic mass is 19.1. The van der Waals surface area contributed by atoms with Gasteiger partial charge in [-0.3, -0.25) is 9.48 Å². The number of amides is 1. The number of hydrogen-bond donors (Lipinski definition) is 1. The number of aromatic nitrogens is 3. The number of carbonyl (C=O) groups is 1. The summed E-state index contributed by atoms with van der Waals surface area (Å²) in [6, 6.07) is 4.08. The molecule has 2 aromatic heterocycles. The van der Waals surface area contributed by atoms with Gasteiger partial charge < -0.3 is 10.2 Å². The van der Waals surface area contributed by atoms with E-state index in [4.69, 9.17) is 0 Å². The third kappa shape index (κ3) is 2.34. The Bertz CT molecular complexity index is 641. The number of halogens is 1. The molecule has 3 heterocycles.